The number of fused-ring (bicyclic) bond motifs is 1. The largest absolute Gasteiger partial charge is 0.493 e. The molecule has 1 aromatic carbocycles. The van der Waals surface area contributed by atoms with E-state index in [0.717, 1.165) is 16.9 Å². The quantitative estimate of drug-likeness (QED) is 0.741. The van der Waals surface area contributed by atoms with Crippen molar-refractivity contribution in [2.45, 2.75) is 6.92 Å². The fourth-order valence-corrected chi connectivity index (χ4v) is 2.37. The maximum Gasteiger partial charge on any atom is 0.203 e. The van der Waals surface area contributed by atoms with E-state index in [1.807, 2.05) is 37.3 Å². The summed E-state index contributed by atoms with van der Waals surface area (Å²) in [5.41, 5.74) is 2.62. The summed E-state index contributed by atoms with van der Waals surface area (Å²) in [6.07, 6.45) is 0. The Bertz CT molecular complexity index is 802. The first-order chi connectivity index (χ1) is 10.7. The molecule has 22 heavy (non-hydrogen) atoms. The van der Waals surface area contributed by atoms with E-state index in [9.17, 15) is 0 Å². The van der Waals surface area contributed by atoms with Gasteiger partial charge in [-0.25, -0.2) is 9.50 Å². The summed E-state index contributed by atoms with van der Waals surface area (Å²) in [6.45, 7) is 1.99. The first-order valence-corrected chi connectivity index (χ1v) is 6.80. The maximum atomic E-state index is 5.37. The molecular formula is C16H17N3O3. The second kappa shape index (κ2) is 5.55. The van der Waals surface area contributed by atoms with Gasteiger partial charge in [-0.15, -0.1) is 5.10 Å². The summed E-state index contributed by atoms with van der Waals surface area (Å²) in [6, 6.07) is 9.54. The number of benzene rings is 1. The second-order valence-electron chi connectivity index (χ2n) is 4.79. The Hall–Kier alpha value is -2.76. The molecule has 114 valence electrons. The molecule has 0 saturated carbocycles. The minimum Gasteiger partial charge on any atom is -0.493 e. The van der Waals surface area contributed by atoms with Crippen molar-refractivity contribution < 1.29 is 14.2 Å². The van der Waals surface area contributed by atoms with Crippen molar-refractivity contribution in [2.75, 3.05) is 21.3 Å². The highest BCUT2D eigenvalue weighted by atomic mass is 16.5. The van der Waals surface area contributed by atoms with Crippen LogP contribution in [0.4, 0.5) is 0 Å². The van der Waals surface area contributed by atoms with E-state index in [0.29, 0.717) is 23.1 Å². The van der Waals surface area contributed by atoms with Crippen molar-refractivity contribution in [1.29, 1.82) is 0 Å². The molecule has 0 amide bonds. The van der Waals surface area contributed by atoms with Gasteiger partial charge in [0.1, 0.15) is 0 Å². The Labute approximate surface area is 128 Å². The summed E-state index contributed by atoms with van der Waals surface area (Å²) >= 11 is 0. The van der Waals surface area contributed by atoms with Crippen LogP contribution in [0.1, 0.15) is 5.69 Å². The van der Waals surface area contributed by atoms with E-state index in [4.69, 9.17) is 14.2 Å². The molecule has 6 nitrogen and oxygen atoms in total. The summed E-state index contributed by atoms with van der Waals surface area (Å²) in [5, 5.41) is 4.54. The number of hydrogen-bond acceptors (Lipinski definition) is 5. The van der Waals surface area contributed by atoms with Crippen molar-refractivity contribution in [3.05, 3.63) is 36.0 Å². The van der Waals surface area contributed by atoms with Crippen molar-refractivity contribution in [2.24, 2.45) is 0 Å². The van der Waals surface area contributed by atoms with Gasteiger partial charge in [-0.1, -0.05) is 6.07 Å². The smallest absolute Gasteiger partial charge is 0.203 e. The molecule has 0 aliphatic rings. The van der Waals surface area contributed by atoms with Gasteiger partial charge in [-0.3, -0.25) is 0 Å². The third-order valence-electron chi connectivity index (χ3n) is 3.47. The zero-order valence-corrected chi connectivity index (χ0v) is 13.0. The molecule has 2 aromatic heterocycles. The number of hydrogen-bond donors (Lipinski definition) is 0. The van der Waals surface area contributed by atoms with Crippen LogP contribution >= 0.6 is 0 Å². The van der Waals surface area contributed by atoms with Crippen LogP contribution in [0.15, 0.2) is 30.3 Å². The molecule has 0 radical (unpaired) electrons. The van der Waals surface area contributed by atoms with Crippen molar-refractivity contribution >= 4 is 5.65 Å². The molecule has 0 spiro atoms. The molecule has 3 rings (SSSR count). The van der Waals surface area contributed by atoms with E-state index in [-0.39, 0.29) is 0 Å². The Kier molecular flexibility index (Phi) is 3.58. The Morgan fingerprint density at radius 2 is 1.64 bits per heavy atom. The van der Waals surface area contributed by atoms with Crippen LogP contribution in [0.5, 0.6) is 17.2 Å². The number of methoxy groups -OCH3 is 3. The first-order valence-electron chi connectivity index (χ1n) is 6.80. The average molecular weight is 299 g/mol. The molecule has 0 N–H and O–H groups in total. The number of nitrogens with zero attached hydrogens (tertiary/aromatic N) is 3. The molecule has 0 aliphatic heterocycles. The highest BCUT2D eigenvalue weighted by Gasteiger charge is 2.16. The maximum absolute atomic E-state index is 5.37. The van der Waals surface area contributed by atoms with Gasteiger partial charge in [0.05, 0.1) is 21.3 Å². The summed E-state index contributed by atoms with van der Waals surface area (Å²) in [5.74, 6) is 2.31. The Morgan fingerprint density at radius 3 is 2.18 bits per heavy atom. The summed E-state index contributed by atoms with van der Waals surface area (Å²) in [7, 11) is 4.75. The number of ether oxygens (including phenoxy) is 3. The molecule has 3 aromatic rings. The van der Waals surface area contributed by atoms with Gasteiger partial charge in [0.25, 0.3) is 0 Å². The van der Waals surface area contributed by atoms with Crippen LogP contribution in [-0.2, 0) is 0 Å². The zero-order valence-electron chi connectivity index (χ0n) is 13.0. The Balaban J connectivity index is 2.19. The van der Waals surface area contributed by atoms with Crippen LogP contribution in [-0.4, -0.2) is 35.9 Å². The van der Waals surface area contributed by atoms with Crippen LogP contribution in [0.25, 0.3) is 17.0 Å². The average Bonchev–Trinajstić information content (AvgIpc) is 2.99. The standard InChI is InChI=1S/C16H17N3O3/c1-10-6-5-7-14-17-16(18-19(10)14)11-8-12(20-2)15(22-4)13(9-11)21-3/h5-9H,1-4H3. The van der Waals surface area contributed by atoms with E-state index < -0.39 is 0 Å². The van der Waals surface area contributed by atoms with E-state index >= 15 is 0 Å². The topological polar surface area (TPSA) is 57.9 Å². The van der Waals surface area contributed by atoms with Gasteiger partial charge in [-0.05, 0) is 31.2 Å². The van der Waals surface area contributed by atoms with Gasteiger partial charge >= 0.3 is 0 Å². The lowest BCUT2D eigenvalue weighted by Crippen LogP contribution is -1.96. The van der Waals surface area contributed by atoms with E-state index in [1.54, 1.807) is 25.8 Å². The normalized spacial score (nSPS) is 10.7. The number of aryl methyl sites for hydroxylation is 1. The molecule has 0 fully saturated rings. The van der Waals surface area contributed by atoms with E-state index in [2.05, 4.69) is 10.1 Å². The van der Waals surface area contributed by atoms with Crippen molar-refractivity contribution in [3.63, 3.8) is 0 Å². The third-order valence-corrected chi connectivity index (χ3v) is 3.47. The lowest BCUT2D eigenvalue weighted by atomic mass is 10.1. The number of aromatic nitrogens is 3. The van der Waals surface area contributed by atoms with Gasteiger partial charge in [0.2, 0.25) is 5.75 Å². The van der Waals surface area contributed by atoms with Crippen LogP contribution in [0.2, 0.25) is 0 Å². The molecule has 6 heteroatoms. The van der Waals surface area contributed by atoms with Gasteiger partial charge in [0, 0.05) is 11.3 Å². The molecule has 0 saturated heterocycles. The zero-order chi connectivity index (χ0) is 15.7. The molecule has 0 bridgehead atoms. The fraction of sp³-hybridized carbons (Fsp3) is 0.250. The van der Waals surface area contributed by atoms with Crippen molar-refractivity contribution in [3.8, 4) is 28.6 Å². The molecule has 0 unspecified atom stereocenters. The number of rotatable bonds is 4. The van der Waals surface area contributed by atoms with Gasteiger partial charge in [-0.2, -0.15) is 0 Å². The van der Waals surface area contributed by atoms with Gasteiger partial charge in [0.15, 0.2) is 23.0 Å². The van der Waals surface area contributed by atoms with E-state index in [1.165, 1.54) is 0 Å². The highest BCUT2D eigenvalue weighted by Crippen LogP contribution is 2.40. The monoisotopic (exact) mass is 299 g/mol. The minimum absolute atomic E-state index is 0.550. The van der Waals surface area contributed by atoms with Crippen LogP contribution < -0.4 is 14.2 Å². The molecular weight excluding hydrogens is 282 g/mol. The number of pyridine rings is 1. The molecule has 0 aliphatic carbocycles. The molecule has 2 heterocycles. The summed E-state index contributed by atoms with van der Waals surface area (Å²) < 4.78 is 17.9. The van der Waals surface area contributed by atoms with Crippen LogP contribution in [0, 0.1) is 6.92 Å². The first kappa shape index (κ1) is 14.2. The van der Waals surface area contributed by atoms with Gasteiger partial charge < -0.3 is 14.2 Å². The lowest BCUT2D eigenvalue weighted by Gasteiger charge is -2.12. The third kappa shape index (κ3) is 2.22. The Morgan fingerprint density at radius 1 is 0.955 bits per heavy atom. The lowest BCUT2D eigenvalue weighted by molar-refractivity contribution is 0.324. The predicted octanol–water partition coefficient (Wildman–Crippen LogP) is 2.73. The fourth-order valence-electron chi connectivity index (χ4n) is 2.37. The minimum atomic E-state index is 0.550. The second-order valence-corrected chi connectivity index (χ2v) is 4.79. The SMILES string of the molecule is COc1cc(-c2nc3cccc(C)n3n2)cc(OC)c1OC. The predicted molar refractivity (Wildman–Crippen MR) is 82.8 cm³/mol. The van der Waals surface area contributed by atoms with Crippen LogP contribution in [0.3, 0.4) is 0 Å². The highest BCUT2D eigenvalue weighted by molar-refractivity contribution is 5.67. The summed E-state index contributed by atoms with van der Waals surface area (Å²) in [4.78, 5) is 4.55. The molecule has 0 atom stereocenters. The van der Waals surface area contributed by atoms with Crippen molar-refractivity contribution in [1.82, 2.24) is 14.6 Å².